The van der Waals surface area contributed by atoms with Gasteiger partial charge in [0.15, 0.2) is 5.82 Å². The van der Waals surface area contributed by atoms with Crippen molar-refractivity contribution in [3.8, 4) is 10.7 Å². The minimum atomic E-state index is -0.426. The quantitative estimate of drug-likeness (QED) is 0.596. The van der Waals surface area contributed by atoms with Crippen molar-refractivity contribution in [1.82, 2.24) is 15.0 Å². The van der Waals surface area contributed by atoms with Crippen molar-refractivity contribution >= 4 is 49.8 Å². The summed E-state index contributed by atoms with van der Waals surface area (Å²) in [5, 5.41) is 1.59. The molecular weight excluding hydrogens is 353 g/mol. The van der Waals surface area contributed by atoms with Crippen molar-refractivity contribution in [1.29, 1.82) is 0 Å². The Morgan fingerprint density at radius 2 is 2.11 bits per heavy atom. The first-order chi connectivity index (χ1) is 9.06. The molecule has 3 aromatic rings. The lowest BCUT2D eigenvalue weighted by Gasteiger charge is -2.05. The van der Waals surface area contributed by atoms with E-state index in [4.69, 9.17) is 11.6 Å². The second kappa shape index (κ2) is 4.77. The van der Waals surface area contributed by atoms with Gasteiger partial charge in [0.05, 0.1) is 15.3 Å². The molecule has 2 heterocycles. The molecule has 0 aliphatic carbocycles. The highest BCUT2D eigenvalue weighted by atomic mass is 79.9. The number of benzene rings is 1. The molecule has 0 spiro atoms. The van der Waals surface area contributed by atoms with E-state index in [9.17, 15) is 4.39 Å². The first-order valence-corrected chi connectivity index (χ1v) is 7.29. The molecule has 0 aliphatic heterocycles. The summed E-state index contributed by atoms with van der Waals surface area (Å²) < 4.78 is 14.5. The van der Waals surface area contributed by atoms with Gasteiger partial charge in [0.25, 0.3) is 0 Å². The molecule has 2 aromatic heterocycles. The Balaban J connectivity index is 2.33. The largest absolute Gasteiger partial charge is 0.249 e. The first kappa shape index (κ1) is 12.9. The maximum absolute atomic E-state index is 13.9. The highest BCUT2D eigenvalue weighted by Crippen LogP contribution is 2.33. The number of fused-ring (bicyclic) bond motifs is 1. The van der Waals surface area contributed by atoms with E-state index in [0.717, 1.165) is 9.88 Å². The van der Waals surface area contributed by atoms with Crippen molar-refractivity contribution in [2.75, 3.05) is 0 Å². The number of thiazole rings is 1. The molecule has 0 atom stereocenters. The van der Waals surface area contributed by atoms with Crippen LogP contribution in [0.4, 0.5) is 4.39 Å². The number of aromatic nitrogens is 3. The van der Waals surface area contributed by atoms with Crippen molar-refractivity contribution in [3.63, 3.8) is 0 Å². The third-order valence-electron chi connectivity index (χ3n) is 2.55. The number of nitrogens with zero attached hydrogens (tertiary/aromatic N) is 3. The molecule has 0 N–H and O–H groups in total. The Kier molecular flexibility index (Phi) is 3.24. The van der Waals surface area contributed by atoms with Crippen LogP contribution in [0.25, 0.3) is 21.6 Å². The molecule has 3 rings (SSSR count). The molecule has 3 nitrogen and oxygen atoms in total. The normalized spacial score (nSPS) is 11.2. The molecule has 96 valence electrons. The van der Waals surface area contributed by atoms with Crippen LogP contribution in [0.15, 0.2) is 22.8 Å². The van der Waals surface area contributed by atoms with Crippen molar-refractivity contribution < 1.29 is 4.39 Å². The standard InChI is InChI=1S/C12H6BrClFN3S/c1-5-16-4-8(19-5)12-17-10-7(15)3-2-6(13)9(10)11(14)18-12/h2-4H,1H3. The first-order valence-electron chi connectivity index (χ1n) is 5.30. The van der Waals surface area contributed by atoms with Crippen molar-refractivity contribution in [2.45, 2.75) is 6.92 Å². The van der Waals surface area contributed by atoms with Crippen LogP contribution in [-0.4, -0.2) is 15.0 Å². The van der Waals surface area contributed by atoms with Crippen LogP contribution < -0.4 is 0 Å². The van der Waals surface area contributed by atoms with E-state index >= 15 is 0 Å². The molecule has 7 heteroatoms. The zero-order valence-electron chi connectivity index (χ0n) is 9.62. The van der Waals surface area contributed by atoms with Crippen LogP contribution in [0, 0.1) is 12.7 Å². The van der Waals surface area contributed by atoms with Crippen LogP contribution in [0.1, 0.15) is 5.01 Å². The summed E-state index contributed by atoms with van der Waals surface area (Å²) in [6.07, 6.45) is 1.66. The molecule has 0 aliphatic rings. The molecule has 1 aromatic carbocycles. The van der Waals surface area contributed by atoms with Gasteiger partial charge in [0.2, 0.25) is 0 Å². The Labute approximate surface area is 125 Å². The Hall–Kier alpha value is -1.11. The summed E-state index contributed by atoms with van der Waals surface area (Å²) in [5.74, 6) is -0.0370. The Bertz CT molecular complexity index is 790. The van der Waals surface area contributed by atoms with E-state index in [1.165, 1.54) is 17.4 Å². The van der Waals surface area contributed by atoms with Gasteiger partial charge < -0.3 is 0 Å². The predicted molar refractivity (Wildman–Crippen MR) is 78.1 cm³/mol. The van der Waals surface area contributed by atoms with E-state index in [1.807, 2.05) is 6.92 Å². The Morgan fingerprint density at radius 3 is 2.79 bits per heavy atom. The zero-order chi connectivity index (χ0) is 13.6. The molecule has 0 saturated heterocycles. The molecule has 0 bridgehead atoms. The molecule has 0 amide bonds. The highest BCUT2D eigenvalue weighted by molar-refractivity contribution is 9.10. The van der Waals surface area contributed by atoms with E-state index in [-0.39, 0.29) is 10.7 Å². The fourth-order valence-corrected chi connectivity index (χ4v) is 3.31. The summed E-state index contributed by atoms with van der Waals surface area (Å²) >= 11 is 10.9. The third kappa shape index (κ3) is 2.24. The molecule has 0 unspecified atom stereocenters. The summed E-state index contributed by atoms with van der Waals surface area (Å²) in [4.78, 5) is 13.4. The average Bonchev–Trinajstić information content (AvgIpc) is 2.80. The van der Waals surface area contributed by atoms with Gasteiger partial charge in [0.1, 0.15) is 16.5 Å². The fourth-order valence-electron chi connectivity index (χ4n) is 1.70. The lowest BCUT2D eigenvalue weighted by Crippen LogP contribution is -1.93. The van der Waals surface area contributed by atoms with Gasteiger partial charge in [-0.1, -0.05) is 11.6 Å². The van der Waals surface area contributed by atoms with Gasteiger partial charge in [-0.25, -0.2) is 19.3 Å². The smallest absolute Gasteiger partial charge is 0.173 e. The minimum absolute atomic E-state index is 0.204. The van der Waals surface area contributed by atoms with Crippen LogP contribution in [0.5, 0.6) is 0 Å². The number of aryl methyl sites for hydroxylation is 1. The highest BCUT2D eigenvalue weighted by Gasteiger charge is 2.15. The molecular formula is C12H6BrClFN3S. The van der Waals surface area contributed by atoms with Crippen LogP contribution in [0.3, 0.4) is 0 Å². The summed E-state index contributed by atoms with van der Waals surface area (Å²) in [6, 6.07) is 2.93. The number of hydrogen-bond acceptors (Lipinski definition) is 4. The second-order valence-corrected chi connectivity index (χ2v) is 6.28. The van der Waals surface area contributed by atoms with Gasteiger partial charge in [-0.3, -0.25) is 0 Å². The van der Waals surface area contributed by atoms with Gasteiger partial charge in [-0.05, 0) is 35.0 Å². The molecule has 19 heavy (non-hydrogen) atoms. The lowest BCUT2D eigenvalue weighted by molar-refractivity contribution is 0.636. The summed E-state index contributed by atoms with van der Waals surface area (Å²) in [6.45, 7) is 1.88. The number of halogens is 3. The molecule has 0 fully saturated rings. The summed E-state index contributed by atoms with van der Waals surface area (Å²) in [7, 11) is 0. The van der Waals surface area contributed by atoms with E-state index in [1.54, 1.807) is 12.3 Å². The zero-order valence-corrected chi connectivity index (χ0v) is 12.8. The van der Waals surface area contributed by atoms with Crippen molar-refractivity contribution in [2.24, 2.45) is 0 Å². The minimum Gasteiger partial charge on any atom is -0.249 e. The third-order valence-corrected chi connectivity index (χ3v) is 4.39. The van der Waals surface area contributed by atoms with Crippen LogP contribution in [0.2, 0.25) is 5.15 Å². The Morgan fingerprint density at radius 1 is 1.32 bits per heavy atom. The molecule has 0 saturated carbocycles. The van der Waals surface area contributed by atoms with E-state index in [2.05, 4.69) is 30.9 Å². The maximum Gasteiger partial charge on any atom is 0.173 e. The van der Waals surface area contributed by atoms with Crippen LogP contribution in [-0.2, 0) is 0 Å². The lowest BCUT2D eigenvalue weighted by atomic mass is 10.2. The topological polar surface area (TPSA) is 38.7 Å². The van der Waals surface area contributed by atoms with Gasteiger partial charge >= 0.3 is 0 Å². The second-order valence-electron chi connectivity index (χ2n) is 3.83. The monoisotopic (exact) mass is 357 g/mol. The predicted octanol–water partition coefficient (Wildman–Crippen LogP) is 4.62. The van der Waals surface area contributed by atoms with Gasteiger partial charge in [-0.15, -0.1) is 11.3 Å². The number of rotatable bonds is 1. The van der Waals surface area contributed by atoms with E-state index < -0.39 is 5.82 Å². The van der Waals surface area contributed by atoms with Crippen molar-refractivity contribution in [3.05, 3.63) is 38.8 Å². The summed E-state index contributed by atoms with van der Waals surface area (Å²) in [5.41, 5.74) is 0.204. The van der Waals surface area contributed by atoms with Gasteiger partial charge in [-0.2, -0.15) is 0 Å². The SMILES string of the molecule is Cc1ncc(-c2nc(Cl)c3c(Br)ccc(F)c3n2)s1. The van der Waals surface area contributed by atoms with Gasteiger partial charge in [0, 0.05) is 10.7 Å². The average molecular weight is 359 g/mol. The molecule has 0 radical (unpaired) electrons. The fraction of sp³-hybridized carbons (Fsp3) is 0.0833. The number of hydrogen-bond donors (Lipinski definition) is 0. The van der Waals surface area contributed by atoms with E-state index in [0.29, 0.717) is 15.7 Å². The van der Waals surface area contributed by atoms with Crippen LogP contribution >= 0.6 is 38.9 Å². The maximum atomic E-state index is 13.9.